The number of aromatic nitrogens is 3. The van der Waals surface area contributed by atoms with Gasteiger partial charge in [0.05, 0.1) is 11.0 Å². The van der Waals surface area contributed by atoms with Crippen molar-refractivity contribution >= 4 is 61.1 Å². The molecular weight excluding hydrogens is 625 g/mol. The molecule has 0 N–H and O–H groups in total. The van der Waals surface area contributed by atoms with Gasteiger partial charge in [-0.15, -0.1) is 0 Å². The van der Waals surface area contributed by atoms with Crippen molar-refractivity contribution < 1.29 is 4.42 Å². The van der Waals surface area contributed by atoms with E-state index in [1.165, 1.54) is 10.9 Å². The highest BCUT2D eigenvalue weighted by Crippen LogP contribution is 2.40. The molecule has 51 heavy (non-hydrogen) atoms. The Bertz CT molecular complexity index is 2760. The van der Waals surface area contributed by atoms with Crippen LogP contribution in [0.4, 0.5) is 17.3 Å². The fraction of sp³-hybridized carbons (Fsp3) is 0. The first-order chi connectivity index (χ1) is 25.3. The molecule has 0 bridgehead atoms. The zero-order valence-corrected chi connectivity index (χ0v) is 27.5. The van der Waals surface area contributed by atoms with Crippen molar-refractivity contribution in [3.8, 4) is 27.9 Å². The summed E-state index contributed by atoms with van der Waals surface area (Å²) in [6.07, 6.45) is 3.81. The van der Waals surface area contributed by atoms with Gasteiger partial charge in [0, 0.05) is 62.6 Å². The van der Waals surface area contributed by atoms with Crippen LogP contribution < -0.4 is 4.90 Å². The molecule has 5 nitrogen and oxygen atoms in total. The summed E-state index contributed by atoms with van der Waals surface area (Å²) in [5.41, 5.74) is 11.4. The summed E-state index contributed by atoms with van der Waals surface area (Å²) in [5.74, 6) is 0.598. The molecule has 0 unspecified atom stereocenters. The van der Waals surface area contributed by atoms with Crippen LogP contribution in [0.5, 0.6) is 0 Å². The number of furan rings is 1. The van der Waals surface area contributed by atoms with Gasteiger partial charge in [-0.3, -0.25) is 4.90 Å². The number of fused-ring (bicyclic) bond motifs is 6. The van der Waals surface area contributed by atoms with Crippen molar-refractivity contribution in [1.29, 1.82) is 0 Å². The van der Waals surface area contributed by atoms with Crippen LogP contribution in [-0.4, -0.2) is 14.5 Å². The van der Waals surface area contributed by atoms with Crippen molar-refractivity contribution in [3.63, 3.8) is 0 Å². The third-order valence-electron chi connectivity index (χ3n) is 9.71. The van der Waals surface area contributed by atoms with E-state index >= 15 is 0 Å². The molecule has 3 aromatic heterocycles. The minimum atomic E-state index is 0.598. The van der Waals surface area contributed by atoms with Gasteiger partial charge in [-0.2, -0.15) is 0 Å². The van der Waals surface area contributed by atoms with Gasteiger partial charge in [0.25, 0.3) is 0 Å². The SMILES string of the molecule is c1ccc(-c2ccc(N(c3ccc4c(c3)c3ccccc3n4-c3ccc4c(c3)oc3ccccc34)c3ncc(-c4ccccc4)cn3)cc2)cc1. The van der Waals surface area contributed by atoms with E-state index in [-0.39, 0.29) is 0 Å². The number of nitrogens with zero attached hydrogens (tertiary/aromatic N) is 4. The highest BCUT2D eigenvalue weighted by atomic mass is 16.3. The van der Waals surface area contributed by atoms with Crippen LogP contribution in [0.25, 0.3) is 71.7 Å². The molecule has 10 aromatic rings. The third kappa shape index (κ3) is 4.94. The van der Waals surface area contributed by atoms with E-state index in [4.69, 9.17) is 14.4 Å². The number of benzene rings is 7. The Morgan fingerprint density at radius 3 is 1.76 bits per heavy atom. The van der Waals surface area contributed by atoms with E-state index in [2.05, 4.69) is 143 Å². The molecule has 0 aliphatic heterocycles. The third-order valence-corrected chi connectivity index (χ3v) is 9.71. The number of hydrogen-bond acceptors (Lipinski definition) is 4. The Balaban J connectivity index is 1.13. The smallest absolute Gasteiger partial charge is 0.234 e. The molecule has 5 heteroatoms. The van der Waals surface area contributed by atoms with Crippen LogP contribution >= 0.6 is 0 Å². The molecule has 240 valence electrons. The molecule has 0 saturated carbocycles. The van der Waals surface area contributed by atoms with Gasteiger partial charge < -0.3 is 8.98 Å². The maximum Gasteiger partial charge on any atom is 0.234 e. The Morgan fingerprint density at radius 2 is 1.00 bits per heavy atom. The summed E-state index contributed by atoms with van der Waals surface area (Å²) in [5, 5.41) is 4.55. The molecule has 0 saturated heterocycles. The predicted molar refractivity (Wildman–Crippen MR) is 209 cm³/mol. The highest BCUT2D eigenvalue weighted by molar-refractivity contribution is 6.11. The Labute approximate surface area is 294 Å². The van der Waals surface area contributed by atoms with Gasteiger partial charge in [0.1, 0.15) is 11.2 Å². The fourth-order valence-electron chi connectivity index (χ4n) is 7.26. The van der Waals surface area contributed by atoms with Gasteiger partial charge in [-0.1, -0.05) is 109 Å². The quantitative estimate of drug-likeness (QED) is 0.179. The normalized spacial score (nSPS) is 11.5. The summed E-state index contributed by atoms with van der Waals surface area (Å²) in [6.45, 7) is 0. The Morgan fingerprint density at radius 1 is 0.412 bits per heavy atom. The van der Waals surface area contributed by atoms with Gasteiger partial charge in [-0.05, 0) is 71.3 Å². The Kier molecular flexibility index (Phi) is 6.74. The molecule has 0 aliphatic rings. The van der Waals surface area contributed by atoms with Crippen molar-refractivity contribution in [2.75, 3.05) is 4.90 Å². The summed E-state index contributed by atoms with van der Waals surface area (Å²) in [4.78, 5) is 12.0. The minimum Gasteiger partial charge on any atom is -0.456 e. The second-order valence-corrected chi connectivity index (χ2v) is 12.7. The second-order valence-electron chi connectivity index (χ2n) is 12.7. The van der Waals surface area contributed by atoms with E-state index in [1.54, 1.807) is 0 Å². The molecule has 0 aliphatic carbocycles. The first kappa shape index (κ1) is 29.0. The predicted octanol–water partition coefficient (Wildman–Crippen LogP) is 12.3. The van der Waals surface area contributed by atoms with E-state index in [1.807, 2.05) is 48.8 Å². The summed E-state index contributed by atoms with van der Waals surface area (Å²) in [6, 6.07) is 59.2. The van der Waals surface area contributed by atoms with Crippen LogP contribution in [0.1, 0.15) is 0 Å². The Hall–Kier alpha value is -6.98. The average Bonchev–Trinajstić information content (AvgIpc) is 3.74. The number of anilines is 3. The van der Waals surface area contributed by atoms with Crippen molar-refractivity contribution in [2.24, 2.45) is 0 Å². The second kappa shape index (κ2) is 11.9. The highest BCUT2D eigenvalue weighted by Gasteiger charge is 2.20. The van der Waals surface area contributed by atoms with E-state index in [0.29, 0.717) is 5.95 Å². The summed E-state index contributed by atoms with van der Waals surface area (Å²) >= 11 is 0. The van der Waals surface area contributed by atoms with Gasteiger partial charge >= 0.3 is 0 Å². The number of hydrogen-bond donors (Lipinski definition) is 0. The lowest BCUT2D eigenvalue weighted by molar-refractivity contribution is 0.668. The zero-order valence-electron chi connectivity index (χ0n) is 27.5. The summed E-state index contributed by atoms with van der Waals surface area (Å²) < 4.78 is 8.63. The van der Waals surface area contributed by atoms with E-state index in [9.17, 15) is 0 Å². The molecule has 0 amide bonds. The van der Waals surface area contributed by atoms with Gasteiger partial charge in [0.15, 0.2) is 0 Å². The molecular formula is C46H30N4O. The zero-order chi connectivity index (χ0) is 33.7. The first-order valence-electron chi connectivity index (χ1n) is 17.1. The van der Waals surface area contributed by atoms with E-state index in [0.717, 1.165) is 72.1 Å². The van der Waals surface area contributed by atoms with Crippen molar-refractivity contribution in [2.45, 2.75) is 0 Å². The molecule has 3 heterocycles. The van der Waals surface area contributed by atoms with Crippen molar-refractivity contribution in [3.05, 3.63) is 182 Å². The molecule has 0 atom stereocenters. The van der Waals surface area contributed by atoms with Gasteiger partial charge in [0.2, 0.25) is 5.95 Å². The van der Waals surface area contributed by atoms with Crippen LogP contribution in [0.2, 0.25) is 0 Å². The van der Waals surface area contributed by atoms with Crippen LogP contribution in [0.15, 0.2) is 187 Å². The van der Waals surface area contributed by atoms with Crippen LogP contribution in [0.3, 0.4) is 0 Å². The lowest BCUT2D eigenvalue weighted by Crippen LogP contribution is -2.13. The maximum absolute atomic E-state index is 6.30. The molecule has 0 radical (unpaired) electrons. The molecule has 10 rings (SSSR count). The number of rotatable bonds is 6. The molecule has 7 aromatic carbocycles. The van der Waals surface area contributed by atoms with Crippen molar-refractivity contribution in [1.82, 2.24) is 14.5 Å². The fourth-order valence-corrected chi connectivity index (χ4v) is 7.26. The molecule has 0 spiro atoms. The standard InChI is InChI=1S/C46H30N4O/c1-3-11-31(12-4-1)33-19-21-35(22-20-33)49(46-47-29-34(30-48-46)32-13-5-2-6-14-32)36-24-26-43-41(27-36)38-15-7-9-17-42(38)50(43)37-23-25-40-39-16-8-10-18-44(39)51-45(40)28-37/h1-30H. The lowest BCUT2D eigenvalue weighted by Gasteiger charge is -2.24. The maximum atomic E-state index is 6.30. The van der Waals surface area contributed by atoms with Crippen LogP contribution in [0, 0.1) is 0 Å². The van der Waals surface area contributed by atoms with E-state index < -0.39 is 0 Å². The molecule has 0 fully saturated rings. The topological polar surface area (TPSA) is 47.1 Å². The van der Waals surface area contributed by atoms with Crippen LogP contribution in [-0.2, 0) is 0 Å². The largest absolute Gasteiger partial charge is 0.456 e. The monoisotopic (exact) mass is 654 g/mol. The number of para-hydroxylation sites is 2. The average molecular weight is 655 g/mol. The lowest BCUT2D eigenvalue weighted by atomic mass is 10.1. The van der Waals surface area contributed by atoms with Gasteiger partial charge in [-0.25, -0.2) is 9.97 Å². The first-order valence-corrected chi connectivity index (χ1v) is 17.1. The minimum absolute atomic E-state index is 0.598. The summed E-state index contributed by atoms with van der Waals surface area (Å²) in [7, 11) is 0.